The molecule has 0 spiro atoms. The first kappa shape index (κ1) is 16.6. The van der Waals surface area contributed by atoms with E-state index in [0.29, 0.717) is 12.3 Å². The minimum absolute atomic E-state index is 0.362. The lowest BCUT2D eigenvalue weighted by molar-refractivity contribution is -0.132. The molecular formula is C20H30N2OS. The Kier molecular flexibility index (Phi) is 5.23. The molecule has 1 aromatic heterocycles. The monoisotopic (exact) mass is 346 g/mol. The number of amides is 1. The van der Waals surface area contributed by atoms with Gasteiger partial charge in [-0.1, -0.05) is 19.3 Å². The van der Waals surface area contributed by atoms with Crippen LogP contribution >= 0.6 is 11.3 Å². The van der Waals surface area contributed by atoms with E-state index in [2.05, 4.69) is 21.2 Å². The normalized spacial score (nSPS) is 25.8. The van der Waals surface area contributed by atoms with Crippen molar-refractivity contribution in [3.63, 3.8) is 0 Å². The lowest BCUT2D eigenvalue weighted by atomic mass is 9.83. The molecule has 0 unspecified atom stereocenters. The molecule has 4 heteroatoms. The summed E-state index contributed by atoms with van der Waals surface area (Å²) < 4.78 is 0. The summed E-state index contributed by atoms with van der Waals surface area (Å²) in [7, 11) is 0. The van der Waals surface area contributed by atoms with Crippen LogP contribution in [0.3, 0.4) is 0 Å². The van der Waals surface area contributed by atoms with E-state index < -0.39 is 0 Å². The lowest BCUT2D eigenvalue weighted by Gasteiger charge is -2.34. The van der Waals surface area contributed by atoms with Crippen LogP contribution in [0.1, 0.15) is 61.8 Å². The molecule has 2 fully saturated rings. The molecule has 3 heterocycles. The van der Waals surface area contributed by atoms with Gasteiger partial charge in [0.15, 0.2) is 0 Å². The van der Waals surface area contributed by atoms with Crippen LogP contribution < -0.4 is 0 Å². The lowest BCUT2D eigenvalue weighted by Crippen LogP contribution is -2.41. The Bertz CT molecular complexity index is 564. The number of likely N-dealkylation sites (tertiary alicyclic amines) is 1. The summed E-state index contributed by atoms with van der Waals surface area (Å²) in [5.41, 5.74) is 1.38. The Hall–Kier alpha value is -0.870. The largest absolute Gasteiger partial charge is 0.338 e. The van der Waals surface area contributed by atoms with E-state index in [0.717, 1.165) is 38.0 Å². The Morgan fingerprint density at radius 1 is 1.12 bits per heavy atom. The van der Waals surface area contributed by atoms with Crippen molar-refractivity contribution in [3.05, 3.63) is 21.9 Å². The highest BCUT2D eigenvalue weighted by Gasteiger charge is 2.32. The Morgan fingerprint density at radius 2 is 2.00 bits per heavy atom. The molecule has 3 nitrogen and oxygen atoms in total. The van der Waals surface area contributed by atoms with Crippen LogP contribution in [0, 0.1) is 5.92 Å². The van der Waals surface area contributed by atoms with Gasteiger partial charge >= 0.3 is 0 Å². The molecular weight excluding hydrogens is 316 g/mol. The average Bonchev–Trinajstić information content (AvgIpc) is 3.28. The molecule has 2 aliphatic heterocycles. The Balaban J connectivity index is 1.29. The second-order valence-corrected chi connectivity index (χ2v) is 8.83. The van der Waals surface area contributed by atoms with E-state index in [4.69, 9.17) is 0 Å². The van der Waals surface area contributed by atoms with Crippen molar-refractivity contribution < 1.29 is 4.79 Å². The number of rotatable bonds is 4. The zero-order valence-corrected chi connectivity index (χ0v) is 15.5. The van der Waals surface area contributed by atoms with Gasteiger partial charge in [-0.25, -0.2) is 0 Å². The maximum absolute atomic E-state index is 12.7. The molecule has 1 atom stereocenters. The number of fused-ring (bicyclic) bond motifs is 1. The van der Waals surface area contributed by atoms with Crippen molar-refractivity contribution in [1.29, 1.82) is 0 Å². The number of carbonyl (C=O) groups is 1. The van der Waals surface area contributed by atoms with Gasteiger partial charge in [0.1, 0.15) is 0 Å². The first-order chi connectivity index (χ1) is 11.8. The van der Waals surface area contributed by atoms with Gasteiger partial charge in [-0.2, -0.15) is 0 Å². The van der Waals surface area contributed by atoms with Crippen LogP contribution in [-0.2, 0) is 17.8 Å². The van der Waals surface area contributed by atoms with Gasteiger partial charge in [-0.05, 0) is 61.6 Å². The number of carbonyl (C=O) groups excluding carboxylic acids is 1. The van der Waals surface area contributed by atoms with Gasteiger partial charge < -0.3 is 4.90 Å². The molecule has 1 amide bonds. The van der Waals surface area contributed by atoms with Crippen molar-refractivity contribution in [3.8, 4) is 0 Å². The SMILES string of the molecule is O=C(CCN1CCC[C@H]1C1CCCCC1)N1CCc2sccc2C1. The fourth-order valence-corrected chi connectivity index (χ4v) is 5.93. The molecule has 132 valence electrons. The zero-order valence-electron chi connectivity index (χ0n) is 14.7. The van der Waals surface area contributed by atoms with Crippen molar-refractivity contribution in [1.82, 2.24) is 9.80 Å². The van der Waals surface area contributed by atoms with Crippen LogP contribution in [0.2, 0.25) is 0 Å². The minimum atomic E-state index is 0.362. The van der Waals surface area contributed by atoms with Crippen LogP contribution in [0.15, 0.2) is 11.4 Å². The van der Waals surface area contributed by atoms with Gasteiger partial charge in [0.05, 0.1) is 0 Å². The van der Waals surface area contributed by atoms with Crippen LogP contribution in [-0.4, -0.2) is 41.4 Å². The summed E-state index contributed by atoms with van der Waals surface area (Å²) in [5, 5.41) is 2.16. The summed E-state index contributed by atoms with van der Waals surface area (Å²) >= 11 is 1.84. The topological polar surface area (TPSA) is 23.6 Å². The first-order valence-corrected chi connectivity index (χ1v) is 10.8. The highest BCUT2D eigenvalue weighted by Crippen LogP contribution is 2.34. The Morgan fingerprint density at radius 3 is 2.88 bits per heavy atom. The fourth-order valence-electron chi connectivity index (χ4n) is 5.04. The van der Waals surface area contributed by atoms with E-state index in [1.54, 1.807) is 0 Å². The smallest absolute Gasteiger partial charge is 0.224 e. The Labute approximate surface area is 150 Å². The van der Waals surface area contributed by atoms with Crippen molar-refractivity contribution in [2.75, 3.05) is 19.6 Å². The van der Waals surface area contributed by atoms with Gasteiger partial charge in [-0.15, -0.1) is 11.3 Å². The van der Waals surface area contributed by atoms with Gasteiger partial charge in [0.2, 0.25) is 5.91 Å². The minimum Gasteiger partial charge on any atom is -0.338 e. The van der Waals surface area contributed by atoms with E-state index >= 15 is 0 Å². The van der Waals surface area contributed by atoms with E-state index in [1.807, 2.05) is 11.3 Å². The third-order valence-corrected chi connectivity index (χ3v) is 7.40. The van der Waals surface area contributed by atoms with E-state index in [-0.39, 0.29) is 0 Å². The highest BCUT2D eigenvalue weighted by atomic mass is 32.1. The van der Waals surface area contributed by atoms with Crippen molar-refractivity contribution >= 4 is 17.2 Å². The van der Waals surface area contributed by atoms with Gasteiger partial charge in [0.25, 0.3) is 0 Å². The molecule has 0 radical (unpaired) electrons. The molecule has 1 saturated heterocycles. The maximum atomic E-state index is 12.7. The summed E-state index contributed by atoms with van der Waals surface area (Å²) in [4.78, 5) is 18.9. The second-order valence-electron chi connectivity index (χ2n) is 7.83. The molecule has 3 aliphatic rings. The summed E-state index contributed by atoms with van der Waals surface area (Å²) in [6.07, 6.45) is 11.6. The quantitative estimate of drug-likeness (QED) is 0.820. The van der Waals surface area contributed by atoms with Crippen molar-refractivity contribution in [2.24, 2.45) is 5.92 Å². The predicted octanol–water partition coefficient (Wildman–Crippen LogP) is 4.07. The number of hydrogen-bond acceptors (Lipinski definition) is 3. The second kappa shape index (κ2) is 7.57. The first-order valence-electron chi connectivity index (χ1n) is 9.88. The van der Waals surface area contributed by atoms with E-state index in [1.165, 1.54) is 61.9 Å². The third kappa shape index (κ3) is 3.55. The number of hydrogen-bond donors (Lipinski definition) is 0. The number of nitrogens with zero attached hydrogens (tertiary/aromatic N) is 2. The maximum Gasteiger partial charge on any atom is 0.224 e. The van der Waals surface area contributed by atoms with Crippen molar-refractivity contribution in [2.45, 2.75) is 70.4 Å². The summed E-state index contributed by atoms with van der Waals surface area (Å²) in [5.74, 6) is 1.26. The molecule has 4 rings (SSSR count). The number of thiophene rings is 1. The third-order valence-electron chi connectivity index (χ3n) is 6.38. The molecule has 1 saturated carbocycles. The molecule has 0 bridgehead atoms. The van der Waals surface area contributed by atoms with Crippen LogP contribution in [0.4, 0.5) is 0 Å². The van der Waals surface area contributed by atoms with Crippen LogP contribution in [0.25, 0.3) is 0 Å². The molecule has 1 aliphatic carbocycles. The van der Waals surface area contributed by atoms with Gasteiger partial charge in [0, 0.05) is 37.0 Å². The average molecular weight is 347 g/mol. The molecule has 0 aromatic carbocycles. The standard InChI is InChI=1S/C20H30N2OS/c23-20(22-12-8-19-17(15-22)10-14-24-19)9-13-21-11-4-7-18(21)16-5-2-1-3-6-16/h10,14,16,18H,1-9,11-13,15H2/t18-/m0/s1. The van der Waals surface area contributed by atoms with E-state index in [9.17, 15) is 4.79 Å². The van der Waals surface area contributed by atoms with Gasteiger partial charge in [-0.3, -0.25) is 9.69 Å². The molecule has 1 aromatic rings. The van der Waals surface area contributed by atoms with Crippen LogP contribution in [0.5, 0.6) is 0 Å². The fraction of sp³-hybridized carbons (Fsp3) is 0.750. The highest BCUT2D eigenvalue weighted by molar-refractivity contribution is 7.10. The zero-order chi connectivity index (χ0) is 16.4. The predicted molar refractivity (Wildman–Crippen MR) is 99.2 cm³/mol. The molecule has 0 N–H and O–H groups in total. The summed E-state index contributed by atoms with van der Waals surface area (Å²) in [6.45, 7) is 3.94. The summed E-state index contributed by atoms with van der Waals surface area (Å²) in [6, 6.07) is 2.96. The molecule has 24 heavy (non-hydrogen) atoms.